The maximum atomic E-state index is 12.7. The van der Waals surface area contributed by atoms with Crippen molar-refractivity contribution in [2.75, 3.05) is 6.54 Å². The molecule has 2 N–H and O–H groups in total. The van der Waals surface area contributed by atoms with Crippen LogP contribution in [0.3, 0.4) is 0 Å². The average molecular weight is 362 g/mol. The van der Waals surface area contributed by atoms with Gasteiger partial charge in [0.15, 0.2) is 5.78 Å². The summed E-state index contributed by atoms with van der Waals surface area (Å²) in [6, 6.07) is 7.66. The van der Waals surface area contributed by atoms with Crippen LogP contribution in [0.2, 0.25) is 0 Å². The topological polar surface area (TPSA) is 95.9 Å². The molecule has 1 fully saturated rings. The Morgan fingerprint density at radius 2 is 1.88 bits per heavy atom. The zero-order valence-corrected chi connectivity index (χ0v) is 15.6. The summed E-state index contributed by atoms with van der Waals surface area (Å²) >= 11 is 0. The zero-order valence-electron chi connectivity index (χ0n) is 15.6. The van der Waals surface area contributed by atoms with Gasteiger partial charge in [0.05, 0.1) is 6.04 Å². The predicted molar refractivity (Wildman–Crippen MR) is 96.0 cm³/mol. The number of benzene rings is 1. The number of rotatable bonds is 3. The molecule has 2 rings (SSSR count). The monoisotopic (exact) mass is 362 g/mol. The van der Waals surface area contributed by atoms with E-state index >= 15 is 0 Å². The van der Waals surface area contributed by atoms with Crippen molar-refractivity contribution in [3.63, 3.8) is 0 Å². The second-order valence-corrected chi connectivity index (χ2v) is 7.62. The van der Waals surface area contributed by atoms with Crippen LogP contribution >= 0.6 is 0 Å². The van der Waals surface area contributed by atoms with Crippen molar-refractivity contribution in [2.45, 2.75) is 51.8 Å². The summed E-state index contributed by atoms with van der Waals surface area (Å²) < 4.78 is 5.25. The van der Waals surface area contributed by atoms with Gasteiger partial charge in [-0.15, -0.1) is 0 Å². The molecule has 7 heteroatoms. The van der Waals surface area contributed by atoms with Gasteiger partial charge in [-0.1, -0.05) is 37.3 Å². The Morgan fingerprint density at radius 3 is 2.42 bits per heavy atom. The quantitative estimate of drug-likeness (QED) is 0.862. The lowest BCUT2D eigenvalue weighted by Gasteiger charge is -2.41. The molecule has 26 heavy (non-hydrogen) atoms. The number of piperidine rings is 1. The summed E-state index contributed by atoms with van der Waals surface area (Å²) in [5.41, 5.74) is 0.177. The number of carboxylic acid groups (broad SMARTS) is 1. The first-order valence-corrected chi connectivity index (χ1v) is 8.65. The third-order valence-electron chi connectivity index (χ3n) is 4.25. The standard InChI is InChI=1S/C19H26N2O5/c1-12-11-21(18(24)25)14(10-13-8-6-5-7-9-13)15(16(12)22)20-17(23)26-19(2,3)4/h5-9,12,14-15H,10-11H2,1-4H3,(H,20,23)(H,24,25). The number of carbonyl (C=O) groups is 3. The Bertz CT molecular complexity index is 668. The molecule has 1 aliphatic rings. The Balaban J connectivity index is 2.29. The number of ketones is 1. The van der Waals surface area contributed by atoms with Gasteiger partial charge in [-0.05, 0) is 32.8 Å². The van der Waals surface area contributed by atoms with Crippen molar-refractivity contribution in [1.29, 1.82) is 0 Å². The van der Waals surface area contributed by atoms with Gasteiger partial charge in [0.1, 0.15) is 11.6 Å². The summed E-state index contributed by atoms with van der Waals surface area (Å²) in [7, 11) is 0. The number of nitrogens with one attached hydrogen (secondary N) is 1. The van der Waals surface area contributed by atoms with Crippen LogP contribution < -0.4 is 5.32 Å². The molecule has 0 radical (unpaired) electrons. The van der Waals surface area contributed by atoms with Crippen molar-refractivity contribution in [2.24, 2.45) is 5.92 Å². The fraction of sp³-hybridized carbons (Fsp3) is 0.526. The highest BCUT2D eigenvalue weighted by molar-refractivity contribution is 5.92. The van der Waals surface area contributed by atoms with Crippen molar-refractivity contribution in [3.8, 4) is 0 Å². The Hall–Kier alpha value is -2.57. The molecule has 0 aromatic heterocycles. The van der Waals surface area contributed by atoms with Crippen LogP contribution in [0.5, 0.6) is 0 Å². The molecule has 0 saturated carbocycles. The smallest absolute Gasteiger partial charge is 0.408 e. The van der Waals surface area contributed by atoms with Crippen LogP contribution in [0.25, 0.3) is 0 Å². The third kappa shape index (κ3) is 4.97. The van der Waals surface area contributed by atoms with E-state index in [0.717, 1.165) is 5.56 Å². The molecule has 1 aromatic rings. The number of Topliss-reactive ketones (excluding diaryl/α,β-unsaturated/α-hetero) is 1. The molecule has 2 amide bonds. The van der Waals surface area contributed by atoms with E-state index in [1.54, 1.807) is 27.7 Å². The van der Waals surface area contributed by atoms with E-state index in [4.69, 9.17) is 4.74 Å². The van der Waals surface area contributed by atoms with Crippen LogP contribution in [0.4, 0.5) is 9.59 Å². The Morgan fingerprint density at radius 1 is 1.27 bits per heavy atom. The normalized spacial score (nSPS) is 23.5. The number of amides is 2. The lowest BCUT2D eigenvalue weighted by atomic mass is 9.85. The molecule has 1 aliphatic heterocycles. The molecule has 1 saturated heterocycles. The molecule has 1 heterocycles. The highest BCUT2D eigenvalue weighted by atomic mass is 16.6. The summed E-state index contributed by atoms with van der Waals surface area (Å²) in [6.07, 6.45) is -1.51. The largest absolute Gasteiger partial charge is 0.465 e. The van der Waals surface area contributed by atoms with Crippen LogP contribution in [-0.2, 0) is 16.0 Å². The van der Waals surface area contributed by atoms with E-state index in [0.29, 0.717) is 6.42 Å². The van der Waals surface area contributed by atoms with Gasteiger partial charge in [0.25, 0.3) is 0 Å². The number of alkyl carbamates (subject to hydrolysis) is 1. The minimum Gasteiger partial charge on any atom is -0.465 e. The molecular weight excluding hydrogens is 336 g/mol. The van der Waals surface area contributed by atoms with E-state index in [2.05, 4.69) is 5.32 Å². The Labute approximate surface area is 153 Å². The van der Waals surface area contributed by atoms with Gasteiger partial charge in [-0.3, -0.25) is 4.79 Å². The second kappa shape index (κ2) is 7.76. The number of hydrogen-bond donors (Lipinski definition) is 2. The van der Waals surface area contributed by atoms with Crippen LogP contribution in [0.15, 0.2) is 30.3 Å². The van der Waals surface area contributed by atoms with Crippen molar-refractivity contribution < 1.29 is 24.2 Å². The number of likely N-dealkylation sites (tertiary alicyclic amines) is 1. The summed E-state index contributed by atoms with van der Waals surface area (Å²) in [4.78, 5) is 37.9. The first kappa shape index (κ1) is 19.8. The van der Waals surface area contributed by atoms with Gasteiger partial charge >= 0.3 is 12.2 Å². The van der Waals surface area contributed by atoms with Crippen LogP contribution in [0.1, 0.15) is 33.3 Å². The maximum Gasteiger partial charge on any atom is 0.408 e. The minimum absolute atomic E-state index is 0.109. The average Bonchev–Trinajstić information content (AvgIpc) is 2.53. The van der Waals surface area contributed by atoms with E-state index in [-0.39, 0.29) is 12.3 Å². The van der Waals surface area contributed by atoms with Gasteiger partial charge in [-0.2, -0.15) is 0 Å². The van der Waals surface area contributed by atoms with E-state index < -0.39 is 35.8 Å². The third-order valence-corrected chi connectivity index (χ3v) is 4.25. The second-order valence-electron chi connectivity index (χ2n) is 7.62. The lowest BCUT2D eigenvalue weighted by Crippen LogP contribution is -2.64. The van der Waals surface area contributed by atoms with E-state index in [1.165, 1.54) is 4.90 Å². The van der Waals surface area contributed by atoms with Gasteiger partial charge < -0.3 is 20.1 Å². The summed E-state index contributed by atoms with van der Waals surface area (Å²) in [6.45, 7) is 6.95. The van der Waals surface area contributed by atoms with Crippen molar-refractivity contribution in [3.05, 3.63) is 35.9 Å². The molecule has 0 spiro atoms. The molecule has 1 aromatic carbocycles. The Kier molecular flexibility index (Phi) is 5.90. The van der Waals surface area contributed by atoms with E-state index in [9.17, 15) is 19.5 Å². The lowest BCUT2D eigenvalue weighted by molar-refractivity contribution is -0.130. The summed E-state index contributed by atoms with van der Waals surface area (Å²) in [5, 5.41) is 12.2. The molecule has 7 nitrogen and oxygen atoms in total. The fourth-order valence-electron chi connectivity index (χ4n) is 3.10. The maximum absolute atomic E-state index is 12.7. The van der Waals surface area contributed by atoms with Crippen molar-refractivity contribution >= 4 is 18.0 Å². The summed E-state index contributed by atoms with van der Waals surface area (Å²) in [5.74, 6) is -0.688. The fourth-order valence-corrected chi connectivity index (χ4v) is 3.10. The molecule has 0 bridgehead atoms. The number of carbonyl (C=O) groups excluding carboxylic acids is 2. The van der Waals surface area contributed by atoms with Crippen LogP contribution in [0, 0.1) is 5.92 Å². The van der Waals surface area contributed by atoms with Crippen LogP contribution in [-0.4, -0.2) is 52.2 Å². The zero-order chi connectivity index (χ0) is 19.5. The molecule has 0 aliphatic carbocycles. The first-order chi connectivity index (χ1) is 12.1. The minimum atomic E-state index is -1.11. The number of hydrogen-bond acceptors (Lipinski definition) is 4. The molecule has 3 unspecified atom stereocenters. The molecule has 142 valence electrons. The number of nitrogens with zero attached hydrogens (tertiary/aromatic N) is 1. The van der Waals surface area contributed by atoms with Crippen molar-refractivity contribution in [1.82, 2.24) is 10.2 Å². The predicted octanol–water partition coefficient (Wildman–Crippen LogP) is 2.69. The highest BCUT2D eigenvalue weighted by Gasteiger charge is 2.44. The first-order valence-electron chi connectivity index (χ1n) is 8.65. The molecule has 3 atom stereocenters. The molecular formula is C19H26N2O5. The van der Waals surface area contributed by atoms with E-state index in [1.807, 2.05) is 30.3 Å². The number of ether oxygens (including phenoxy) is 1. The van der Waals surface area contributed by atoms with Gasteiger partial charge in [-0.25, -0.2) is 9.59 Å². The highest BCUT2D eigenvalue weighted by Crippen LogP contribution is 2.23. The SMILES string of the molecule is CC1CN(C(=O)O)C(Cc2ccccc2)C(NC(=O)OC(C)(C)C)C1=O. The van der Waals surface area contributed by atoms with Gasteiger partial charge in [0.2, 0.25) is 0 Å². The van der Waals surface area contributed by atoms with Gasteiger partial charge in [0, 0.05) is 12.5 Å².